The van der Waals surface area contributed by atoms with Crippen molar-refractivity contribution >= 4 is 0 Å². The third kappa shape index (κ3) is 2.40. The van der Waals surface area contributed by atoms with Gasteiger partial charge in [-0.1, -0.05) is 6.07 Å². The van der Waals surface area contributed by atoms with E-state index in [1.807, 2.05) is 23.3 Å². The number of rotatable bonds is 2. The highest BCUT2D eigenvalue weighted by molar-refractivity contribution is 5.08. The van der Waals surface area contributed by atoms with E-state index in [2.05, 4.69) is 4.98 Å². The van der Waals surface area contributed by atoms with E-state index in [1.54, 1.807) is 6.20 Å². The quantitative estimate of drug-likeness (QED) is 0.671. The topological polar surface area (TPSA) is 34.6 Å². The van der Waals surface area contributed by atoms with Crippen molar-refractivity contribution in [2.45, 2.75) is 0 Å². The van der Waals surface area contributed by atoms with E-state index in [-0.39, 0.29) is 0 Å². The van der Waals surface area contributed by atoms with Crippen molar-refractivity contribution in [2.24, 2.45) is 0 Å². The fourth-order valence-electron chi connectivity index (χ4n) is 1.17. The number of hydrogen-bond donors (Lipinski definition) is 0. The lowest BCUT2D eigenvalue weighted by atomic mass is 10.5. The molecule has 13 heavy (non-hydrogen) atoms. The molecule has 0 N–H and O–H groups in total. The molecule has 1 aliphatic rings. The van der Waals surface area contributed by atoms with Crippen molar-refractivity contribution in [1.82, 2.24) is 10.0 Å². The molecule has 1 aromatic heterocycles. The van der Waals surface area contributed by atoms with E-state index in [0.29, 0.717) is 5.88 Å². The molecule has 1 aromatic rings. The van der Waals surface area contributed by atoms with Gasteiger partial charge in [-0.05, 0) is 6.07 Å². The average Bonchev–Trinajstić information content (AvgIpc) is 2.21. The van der Waals surface area contributed by atoms with Crippen LogP contribution in [0.25, 0.3) is 0 Å². The van der Waals surface area contributed by atoms with E-state index in [0.717, 1.165) is 26.3 Å². The summed E-state index contributed by atoms with van der Waals surface area (Å²) in [6.45, 7) is 3.06. The van der Waals surface area contributed by atoms with Crippen LogP contribution in [0.5, 0.6) is 5.88 Å². The molecule has 0 spiro atoms. The molecule has 0 saturated carbocycles. The highest BCUT2D eigenvalue weighted by Gasteiger charge is 2.11. The number of ether oxygens (including phenoxy) is 1. The van der Waals surface area contributed by atoms with Crippen LogP contribution < -0.4 is 4.84 Å². The number of hydrogen-bond acceptors (Lipinski definition) is 4. The molecule has 0 bridgehead atoms. The molecule has 0 radical (unpaired) electrons. The van der Waals surface area contributed by atoms with Gasteiger partial charge < -0.3 is 9.57 Å². The van der Waals surface area contributed by atoms with Crippen molar-refractivity contribution in [2.75, 3.05) is 26.3 Å². The molecule has 4 nitrogen and oxygen atoms in total. The maximum Gasteiger partial charge on any atom is 0.238 e. The van der Waals surface area contributed by atoms with Crippen LogP contribution >= 0.6 is 0 Å². The lowest BCUT2D eigenvalue weighted by molar-refractivity contribution is -0.120. The van der Waals surface area contributed by atoms with Gasteiger partial charge in [0.25, 0.3) is 0 Å². The van der Waals surface area contributed by atoms with Crippen molar-refractivity contribution in [3.8, 4) is 5.88 Å². The predicted octanol–water partition coefficient (Wildman–Crippen LogP) is 0.708. The Morgan fingerprint density at radius 1 is 1.31 bits per heavy atom. The van der Waals surface area contributed by atoms with Crippen molar-refractivity contribution in [3.63, 3.8) is 0 Å². The van der Waals surface area contributed by atoms with Gasteiger partial charge in [0.15, 0.2) is 0 Å². The summed E-state index contributed by atoms with van der Waals surface area (Å²) in [4.78, 5) is 9.57. The predicted molar refractivity (Wildman–Crippen MR) is 47.3 cm³/mol. The second-order valence-electron chi connectivity index (χ2n) is 2.80. The van der Waals surface area contributed by atoms with Crippen molar-refractivity contribution in [3.05, 3.63) is 24.4 Å². The summed E-state index contributed by atoms with van der Waals surface area (Å²) >= 11 is 0. The van der Waals surface area contributed by atoms with Gasteiger partial charge in [-0.15, -0.1) is 5.06 Å². The van der Waals surface area contributed by atoms with Gasteiger partial charge in [0.1, 0.15) is 0 Å². The Morgan fingerprint density at radius 2 is 2.15 bits per heavy atom. The average molecular weight is 180 g/mol. The minimum absolute atomic E-state index is 0.643. The van der Waals surface area contributed by atoms with E-state index in [9.17, 15) is 0 Å². The van der Waals surface area contributed by atoms with E-state index in [1.165, 1.54) is 0 Å². The molecule has 0 amide bonds. The fraction of sp³-hybridized carbons (Fsp3) is 0.444. The van der Waals surface area contributed by atoms with Crippen LogP contribution in [0.3, 0.4) is 0 Å². The summed E-state index contributed by atoms with van der Waals surface area (Å²) in [5, 5.41) is 1.87. The van der Waals surface area contributed by atoms with Crippen LogP contribution in [-0.4, -0.2) is 36.4 Å². The molecule has 1 saturated heterocycles. The Bertz CT molecular complexity index is 247. The zero-order chi connectivity index (χ0) is 8.93. The highest BCUT2D eigenvalue weighted by atomic mass is 16.7. The summed E-state index contributed by atoms with van der Waals surface area (Å²) in [6, 6.07) is 5.62. The molecule has 0 atom stereocenters. The first kappa shape index (κ1) is 8.47. The highest BCUT2D eigenvalue weighted by Crippen LogP contribution is 2.07. The summed E-state index contributed by atoms with van der Waals surface area (Å²) in [5.41, 5.74) is 0. The number of pyridine rings is 1. The molecular formula is C9H12N2O2. The van der Waals surface area contributed by atoms with Crippen LogP contribution in [0.2, 0.25) is 0 Å². The summed E-state index contributed by atoms with van der Waals surface area (Å²) in [7, 11) is 0. The van der Waals surface area contributed by atoms with Gasteiger partial charge in [-0.3, -0.25) is 0 Å². The number of nitrogens with zero attached hydrogens (tertiary/aromatic N) is 2. The second kappa shape index (κ2) is 4.20. The van der Waals surface area contributed by atoms with Crippen LogP contribution in [-0.2, 0) is 4.74 Å². The monoisotopic (exact) mass is 180 g/mol. The van der Waals surface area contributed by atoms with E-state index >= 15 is 0 Å². The molecule has 70 valence electrons. The number of morpholine rings is 1. The molecular weight excluding hydrogens is 168 g/mol. The van der Waals surface area contributed by atoms with Crippen molar-refractivity contribution < 1.29 is 9.57 Å². The third-order valence-corrected chi connectivity index (χ3v) is 1.83. The minimum atomic E-state index is 0.643. The first-order valence-electron chi connectivity index (χ1n) is 4.37. The van der Waals surface area contributed by atoms with Crippen LogP contribution in [0.1, 0.15) is 0 Å². The minimum Gasteiger partial charge on any atom is -0.386 e. The summed E-state index contributed by atoms with van der Waals surface area (Å²) < 4.78 is 5.20. The Balaban J connectivity index is 1.90. The second-order valence-corrected chi connectivity index (χ2v) is 2.80. The summed E-state index contributed by atoms with van der Waals surface area (Å²) in [5.74, 6) is 0.643. The van der Waals surface area contributed by atoms with E-state index < -0.39 is 0 Å². The maximum absolute atomic E-state index is 5.50. The Hall–Kier alpha value is -1.13. The van der Waals surface area contributed by atoms with Crippen LogP contribution in [0.15, 0.2) is 24.4 Å². The van der Waals surface area contributed by atoms with Crippen LogP contribution in [0, 0.1) is 0 Å². The molecule has 4 heteroatoms. The standard InChI is InChI=1S/C9H12N2O2/c1-2-4-10-9(3-1)13-11-5-7-12-8-6-11/h1-4H,5-8H2. The molecule has 1 aliphatic heterocycles. The van der Waals surface area contributed by atoms with Gasteiger partial charge in [-0.2, -0.15) is 0 Å². The van der Waals surface area contributed by atoms with Crippen LogP contribution in [0.4, 0.5) is 0 Å². The molecule has 0 unspecified atom stereocenters. The zero-order valence-corrected chi connectivity index (χ0v) is 7.35. The normalized spacial score (nSPS) is 18.5. The van der Waals surface area contributed by atoms with Gasteiger partial charge in [0, 0.05) is 12.3 Å². The summed E-state index contributed by atoms with van der Waals surface area (Å²) in [6.07, 6.45) is 1.72. The zero-order valence-electron chi connectivity index (χ0n) is 7.35. The lowest BCUT2D eigenvalue weighted by Crippen LogP contribution is -2.38. The maximum atomic E-state index is 5.50. The Morgan fingerprint density at radius 3 is 2.85 bits per heavy atom. The fourth-order valence-corrected chi connectivity index (χ4v) is 1.17. The molecule has 0 aliphatic carbocycles. The SMILES string of the molecule is c1ccc(ON2CCOCC2)nc1. The lowest BCUT2D eigenvalue weighted by Gasteiger charge is -2.25. The van der Waals surface area contributed by atoms with Gasteiger partial charge in [-0.25, -0.2) is 4.98 Å². The Kier molecular flexibility index (Phi) is 2.74. The molecule has 2 heterocycles. The number of aromatic nitrogens is 1. The smallest absolute Gasteiger partial charge is 0.238 e. The molecule has 2 rings (SSSR count). The van der Waals surface area contributed by atoms with Gasteiger partial charge >= 0.3 is 0 Å². The first-order chi connectivity index (χ1) is 6.45. The van der Waals surface area contributed by atoms with Gasteiger partial charge in [0.2, 0.25) is 5.88 Å². The van der Waals surface area contributed by atoms with Gasteiger partial charge in [0.05, 0.1) is 26.3 Å². The van der Waals surface area contributed by atoms with E-state index in [4.69, 9.17) is 9.57 Å². The molecule has 1 fully saturated rings. The molecule has 0 aromatic carbocycles. The van der Waals surface area contributed by atoms with Crippen molar-refractivity contribution in [1.29, 1.82) is 0 Å². The largest absolute Gasteiger partial charge is 0.386 e. The Labute approximate surface area is 77.0 Å². The number of hydroxylamine groups is 2. The first-order valence-corrected chi connectivity index (χ1v) is 4.37. The third-order valence-electron chi connectivity index (χ3n) is 1.83.